The second-order valence-electron chi connectivity index (χ2n) is 4.94. The van der Waals surface area contributed by atoms with Crippen molar-refractivity contribution in [1.29, 1.82) is 0 Å². The van der Waals surface area contributed by atoms with Crippen molar-refractivity contribution in [3.63, 3.8) is 0 Å². The zero-order valence-corrected chi connectivity index (χ0v) is 11.9. The zero-order valence-electron chi connectivity index (χ0n) is 11.1. The third-order valence-electron chi connectivity index (χ3n) is 3.73. The van der Waals surface area contributed by atoms with Gasteiger partial charge >= 0.3 is 0 Å². The second-order valence-corrected chi connectivity index (χ2v) is 5.91. The summed E-state index contributed by atoms with van der Waals surface area (Å²) in [6.45, 7) is 7.22. The van der Waals surface area contributed by atoms with Crippen molar-refractivity contribution < 1.29 is 4.79 Å². The number of amides is 1. The minimum Gasteiger partial charge on any atom is -0.360 e. The van der Waals surface area contributed by atoms with Gasteiger partial charge in [-0.1, -0.05) is 25.2 Å². The molecule has 1 fully saturated rings. The van der Waals surface area contributed by atoms with Gasteiger partial charge in [-0.2, -0.15) is 0 Å². The number of hydrogen-bond donors (Lipinski definition) is 2. The van der Waals surface area contributed by atoms with Crippen molar-refractivity contribution in [3.05, 3.63) is 5.01 Å². The molecule has 0 spiro atoms. The molecule has 1 heterocycles. The maximum atomic E-state index is 12.0. The van der Waals surface area contributed by atoms with E-state index in [1.165, 1.54) is 17.8 Å². The molecule has 5 nitrogen and oxygen atoms in total. The second kappa shape index (κ2) is 5.65. The van der Waals surface area contributed by atoms with Crippen molar-refractivity contribution in [3.8, 4) is 0 Å². The van der Waals surface area contributed by atoms with Gasteiger partial charge in [0, 0.05) is 12.6 Å². The molecule has 18 heavy (non-hydrogen) atoms. The van der Waals surface area contributed by atoms with E-state index in [4.69, 9.17) is 0 Å². The van der Waals surface area contributed by atoms with Crippen LogP contribution in [-0.2, 0) is 0 Å². The summed E-state index contributed by atoms with van der Waals surface area (Å²) in [5.41, 5.74) is 0. The number of rotatable bonds is 4. The van der Waals surface area contributed by atoms with Crippen molar-refractivity contribution in [2.75, 3.05) is 11.9 Å². The monoisotopic (exact) mass is 268 g/mol. The number of aromatic nitrogens is 2. The van der Waals surface area contributed by atoms with Crippen LogP contribution in [0, 0.1) is 11.8 Å². The molecule has 2 rings (SSSR count). The molecular formula is C12H20N4OS. The smallest absolute Gasteiger partial charge is 0.282 e. The minimum atomic E-state index is -0.0948. The van der Waals surface area contributed by atoms with Gasteiger partial charge in [0.1, 0.15) is 0 Å². The molecule has 1 aromatic heterocycles. The van der Waals surface area contributed by atoms with Crippen LogP contribution in [0.5, 0.6) is 0 Å². The summed E-state index contributed by atoms with van der Waals surface area (Å²) >= 11 is 1.31. The summed E-state index contributed by atoms with van der Waals surface area (Å²) in [6.07, 6.45) is 2.25. The number of carbonyl (C=O) groups excluding carboxylic acids is 1. The highest BCUT2D eigenvalue weighted by atomic mass is 32.1. The summed E-state index contributed by atoms with van der Waals surface area (Å²) in [5, 5.41) is 15.1. The summed E-state index contributed by atoms with van der Waals surface area (Å²) in [6, 6.07) is 0.277. The van der Waals surface area contributed by atoms with Crippen LogP contribution in [0.15, 0.2) is 0 Å². The van der Waals surface area contributed by atoms with Crippen LogP contribution >= 0.6 is 11.3 Å². The van der Waals surface area contributed by atoms with E-state index in [1.807, 2.05) is 6.92 Å². The Balaban J connectivity index is 1.95. The molecule has 1 saturated carbocycles. The van der Waals surface area contributed by atoms with E-state index in [1.54, 1.807) is 0 Å². The van der Waals surface area contributed by atoms with Gasteiger partial charge in [-0.3, -0.25) is 4.79 Å². The third-order valence-corrected chi connectivity index (χ3v) is 4.61. The first kappa shape index (κ1) is 13.3. The quantitative estimate of drug-likeness (QED) is 0.878. The molecule has 1 aromatic rings. The Morgan fingerprint density at radius 3 is 2.78 bits per heavy atom. The van der Waals surface area contributed by atoms with Crippen molar-refractivity contribution >= 4 is 22.4 Å². The Kier molecular flexibility index (Phi) is 4.16. The lowest BCUT2D eigenvalue weighted by Crippen LogP contribution is -2.37. The highest BCUT2D eigenvalue weighted by molar-refractivity contribution is 7.17. The first-order valence-corrected chi connectivity index (χ1v) is 7.31. The summed E-state index contributed by atoms with van der Waals surface area (Å²) in [7, 11) is 0. The molecule has 0 saturated heterocycles. The molecule has 0 bridgehead atoms. The number of hydrogen-bond acceptors (Lipinski definition) is 5. The zero-order chi connectivity index (χ0) is 13.1. The van der Waals surface area contributed by atoms with Gasteiger partial charge in [0.05, 0.1) is 0 Å². The third kappa shape index (κ3) is 2.80. The molecule has 1 amide bonds. The highest BCUT2D eigenvalue weighted by Crippen LogP contribution is 2.31. The maximum absolute atomic E-state index is 12.0. The number of carbonyl (C=O) groups is 1. The molecule has 3 atom stereocenters. The number of anilines is 1. The normalized spacial score (nSPS) is 27.2. The predicted octanol–water partition coefficient (Wildman–Crippen LogP) is 2.13. The van der Waals surface area contributed by atoms with Crippen molar-refractivity contribution in [2.24, 2.45) is 11.8 Å². The van der Waals surface area contributed by atoms with Gasteiger partial charge in [-0.25, -0.2) is 0 Å². The average molecular weight is 268 g/mol. The van der Waals surface area contributed by atoms with Crippen molar-refractivity contribution in [2.45, 2.75) is 39.7 Å². The lowest BCUT2D eigenvalue weighted by Gasteiger charge is -2.18. The lowest BCUT2D eigenvalue weighted by molar-refractivity contribution is 0.0926. The Bertz CT molecular complexity index is 420. The Hall–Kier alpha value is -1.17. The number of nitrogens with zero attached hydrogens (tertiary/aromatic N) is 2. The molecule has 0 radical (unpaired) electrons. The molecule has 0 aliphatic heterocycles. The van der Waals surface area contributed by atoms with E-state index >= 15 is 0 Å². The standard InChI is InChI=1S/C12H20N4OS/c1-4-13-12-16-15-11(18-12)10(17)14-9-6-5-7(2)8(9)3/h7-9H,4-6H2,1-3H3,(H,13,16)(H,14,17). The van der Waals surface area contributed by atoms with E-state index in [9.17, 15) is 4.79 Å². The molecule has 0 aromatic carbocycles. The van der Waals surface area contributed by atoms with E-state index in [2.05, 4.69) is 34.7 Å². The van der Waals surface area contributed by atoms with E-state index in [0.29, 0.717) is 22.0 Å². The molecule has 1 aliphatic carbocycles. The minimum absolute atomic E-state index is 0.0948. The Morgan fingerprint density at radius 1 is 1.39 bits per heavy atom. The van der Waals surface area contributed by atoms with E-state index < -0.39 is 0 Å². The highest BCUT2D eigenvalue weighted by Gasteiger charge is 2.31. The molecule has 2 N–H and O–H groups in total. The van der Waals surface area contributed by atoms with Gasteiger partial charge in [0.2, 0.25) is 10.1 Å². The van der Waals surface area contributed by atoms with Crippen molar-refractivity contribution in [1.82, 2.24) is 15.5 Å². The van der Waals surface area contributed by atoms with Gasteiger partial charge in [-0.15, -0.1) is 10.2 Å². The molecular weight excluding hydrogens is 248 g/mol. The van der Waals surface area contributed by atoms with Crippen LogP contribution in [0.25, 0.3) is 0 Å². The van der Waals surface area contributed by atoms with Crippen LogP contribution in [0.3, 0.4) is 0 Å². The topological polar surface area (TPSA) is 66.9 Å². The number of nitrogens with one attached hydrogen (secondary N) is 2. The molecule has 3 unspecified atom stereocenters. The fraction of sp³-hybridized carbons (Fsp3) is 0.750. The molecule has 100 valence electrons. The fourth-order valence-electron chi connectivity index (χ4n) is 2.34. The van der Waals surface area contributed by atoms with Crippen LogP contribution in [0.2, 0.25) is 0 Å². The first-order valence-electron chi connectivity index (χ1n) is 6.50. The SMILES string of the molecule is CCNc1nnc(C(=O)NC2CCC(C)C2C)s1. The van der Waals surface area contributed by atoms with Gasteiger partial charge in [0.15, 0.2) is 0 Å². The maximum Gasteiger partial charge on any atom is 0.282 e. The van der Waals surface area contributed by atoms with Crippen LogP contribution in [0.4, 0.5) is 5.13 Å². The van der Waals surface area contributed by atoms with Gasteiger partial charge in [-0.05, 0) is 31.6 Å². The lowest BCUT2D eigenvalue weighted by atomic mass is 9.98. The summed E-state index contributed by atoms with van der Waals surface area (Å²) in [4.78, 5) is 12.0. The van der Waals surface area contributed by atoms with Gasteiger partial charge in [0.25, 0.3) is 5.91 Å². The van der Waals surface area contributed by atoms with Gasteiger partial charge < -0.3 is 10.6 Å². The average Bonchev–Trinajstić information content (AvgIpc) is 2.92. The summed E-state index contributed by atoms with van der Waals surface area (Å²) in [5.74, 6) is 1.12. The Morgan fingerprint density at radius 2 is 2.17 bits per heavy atom. The largest absolute Gasteiger partial charge is 0.360 e. The summed E-state index contributed by atoms with van der Waals surface area (Å²) < 4.78 is 0. The van der Waals surface area contributed by atoms with E-state index in [-0.39, 0.29) is 11.9 Å². The Labute approximate surface area is 111 Å². The fourth-order valence-corrected chi connectivity index (χ4v) is 3.05. The first-order chi connectivity index (χ1) is 8.61. The predicted molar refractivity (Wildman–Crippen MR) is 72.9 cm³/mol. The van der Waals surface area contributed by atoms with Crippen LogP contribution in [-0.4, -0.2) is 28.7 Å². The van der Waals surface area contributed by atoms with Crippen LogP contribution < -0.4 is 10.6 Å². The molecule has 1 aliphatic rings. The molecule has 6 heteroatoms. The van der Waals surface area contributed by atoms with E-state index in [0.717, 1.165) is 13.0 Å². The van der Waals surface area contributed by atoms with Crippen LogP contribution in [0.1, 0.15) is 43.4 Å².